The Hall–Kier alpha value is -3.19. The van der Waals surface area contributed by atoms with Crippen molar-refractivity contribution < 1.29 is 14.3 Å². The molecule has 1 aromatic heterocycles. The maximum Gasteiger partial charge on any atom is 0.257 e. The van der Waals surface area contributed by atoms with Crippen LogP contribution in [0.15, 0.2) is 60.1 Å². The highest BCUT2D eigenvalue weighted by Crippen LogP contribution is 2.16. The molecule has 3 aromatic rings. The van der Waals surface area contributed by atoms with Crippen molar-refractivity contribution in [3.63, 3.8) is 0 Å². The van der Waals surface area contributed by atoms with Crippen LogP contribution in [-0.2, 0) is 11.2 Å². The highest BCUT2D eigenvalue weighted by Gasteiger charge is 2.10. The Morgan fingerprint density at radius 1 is 1.12 bits per heavy atom. The molecule has 2 N–H and O–H groups in total. The van der Waals surface area contributed by atoms with Crippen LogP contribution in [0.2, 0.25) is 0 Å². The number of carbonyl (C=O) groups is 2. The molecular weight excluding hydrogens is 350 g/mol. The second-order valence-corrected chi connectivity index (χ2v) is 6.34. The summed E-state index contributed by atoms with van der Waals surface area (Å²) in [5.41, 5.74) is 1.89. The third kappa shape index (κ3) is 4.67. The Morgan fingerprint density at radius 2 is 1.92 bits per heavy atom. The zero-order valence-electron chi connectivity index (χ0n) is 14.1. The third-order valence-corrected chi connectivity index (χ3v) is 4.27. The molecule has 0 aliphatic rings. The van der Waals surface area contributed by atoms with Gasteiger partial charge >= 0.3 is 0 Å². The number of amides is 2. The molecule has 0 bridgehead atoms. The Labute approximate surface area is 154 Å². The number of carbonyl (C=O) groups excluding carboxylic acids is 2. The fourth-order valence-electron chi connectivity index (χ4n) is 2.33. The van der Waals surface area contributed by atoms with Crippen molar-refractivity contribution in [3.8, 4) is 5.75 Å². The largest absolute Gasteiger partial charge is 0.497 e. The van der Waals surface area contributed by atoms with Crippen LogP contribution < -0.4 is 15.4 Å². The highest BCUT2D eigenvalue weighted by molar-refractivity contribution is 7.13. The third-order valence-electron chi connectivity index (χ3n) is 3.59. The van der Waals surface area contributed by atoms with Gasteiger partial charge in [-0.25, -0.2) is 4.98 Å². The first kappa shape index (κ1) is 17.6. The Bertz CT molecular complexity index is 893. The van der Waals surface area contributed by atoms with Crippen molar-refractivity contribution >= 4 is 34.0 Å². The van der Waals surface area contributed by atoms with Crippen molar-refractivity contribution in [2.75, 3.05) is 17.7 Å². The van der Waals surface area contributed by atoms with Gasteiger partial charge in [0.25, 0.3) is 5.91 Å². The first-order valence-corrected chi connectivity index (χ1v) is 8.76. The normalized spacial score (nSPS) is 10.2. The average molecular weight is 367 g/mol. The van der Waals surface area contributed by atoms with Crippen molar-refractivity contribution in [1.82, 2.24) is 4.98 Å². The van der Waals surface area contributed by atoms with E-state index in [1.807, 2.05) is 24.3 Å². The van der Waals surface area contributed by atoms with E-state index in [4.69, 9.17) is 4.74 Å². The number of nitrogens with zero attached hydrogens (tertiary/aromatic N) is 1. The predicted octanol–water partition coefficient (Wildman–Crippen LogP) is 3.59. The summed E-state index contributed by atoms with van der Waals surface area (Å²) in [5.74, 6) is 0.312. The molecule has 26 heavy (non-hydrogen) atoms. The van der Waals surface area contributed by atoms with Crippen LogP contribution >= 0.6 is 11.3 Å². The maximum atomic E-state index is 12.2. The lowest BCUT2D eigenvalue weighted by molar-refractivity contribution is -0.115. The fraction of sp³-hybridized carbons (Fsp3) is 0.105. The van der Waals surface area contributed by atoms with E-state index in [-0.39, 0.29) is 18.2 Å². The Kier molecular flexibility index (Phi) is 5.60. The summed E-state index contributed by atoms with van der Waals surface area (Å²) in [4.78, 5) is 28.5. The van der Waals surface area contributed by atoms with Crippen LogP contribution in [-0.4, -0.2) is 23.9 Å². The van der Waals surface area contributed by atoms with E-state index in [9.17, 15) is 9.59 Å². The van der Waals surface area contributed by atoms with Gasteiger partial charge in [-0.2, -0.15) is 0 Å². The molecule has 0 radical (unpaired) electrons. The topological polar surface area (TPSA) is 80.3 Å². The van der Waals surface area contributed by atoms with E-state index in [2.05, 4.69) is 15.6 Å². The van der Waals surface area contributed by atoms with Crippen molar-refractivity contribution in [3.05, 3.63) is 71.2 Å². The van der Waals surface area contributed by atoms with E-state index in [0.717, 1.165) is 11.3 Å². The predicted molar refractivity (Wildman–Crippen MR) is 102 cm³/mol. The number of hydrogen-bond donors (Lipinski definition) is 2. The lowest BCUT2D eigenvalue weighted by Gasteiger charge is -2.08. The molecule has 3 rings (SSSR count). The van der Waals surface area contributed by atoms with Crippen molar-refractivity contribution in [2.45, 2.75) is 6.42 Å². The van der Waals surface area contributed by atoms with E-state index in [0.29, 0.717) is 16.4 Å². The first-order chi connectivity index (χ1) is 12.6. The quantitative estimate of drug-likeness (QED) is 0.698. The van der Waals surface area contributed by atoms with Crippen molar-refractivity contribution in [2.24, 2.45) is 0 Å². The molecule has 1 heterocycles. The number of aromatic nitrogens is 1. The lowest BCUT2D eigenvalue weighted by atomic mass is 10.1. The zero-order valence-corrected chi connectivity index (χ0v) is 14.9. The van der Waals surface area contributed by atoms with Gasteiger partial charge in [0.15, 0.2) is 5.13 Å². The molecule has 0 saturated carbocycles. The number of methoxy groups -OCH3 is 1. The van der Waals surface area contributed by atoms with E-state index < -0.39 is 0 Å². The van der Waals surface area contributed by atoms with Gasteiger partial charge in [0.2, 0.25) is 5.91 Å². The van der Waals surface area contributed by atoms with E-state index >= 15 is 0 Å². The standard InChI is InChI=1S/C19H17N3O3S/c1-25-16-7-5-13(6-8-16)11-17(23)21-15-4-2-3-14(12-15)18(24)22-19-20-9-10-26-19/h2-10,12H,11H2,1H3,(H,21,23)(H,20,22,24). The first-order valence-electron chi connectivity index (χ1n) is 7.88. The molecule has 0 aliphatic carbocycles. The Balaban J connectivity index is 1.62. The second-order valence-electron chi connectivity index (χ2n) is 5.45. The molecule has 0 spiro atoms. The number of rotatable bonds is 6. The molecule has 6 nitrogen and oxygen atoms in total. The van der Waals surface area contributed by atoms with Gasteiger partial charge in [-0.05, 0) is 35.9 Å². The number of nitrogens with one attached hydrogen (secondary N) is 2. The summed E-state index contributed by atoms with van der Waals surface area (Å²) in [5, 5.41) is 7.84. The molecule has 0 saturated heterocycles. The summed E-state index contributed by atoms with van der Waals surface area (Å²) in [6.45, 7) is 0. The molecule has 0 unspecified atom stereocenters. The van der Waals surface area contributed by atoms with Gasteiger partial charge in [0.1, 0.15) is 5.75 Å². The molecular formula is C19H17N3O3S. The minimum absolute atomic E-state index is 0.160. The lowest BCUT2D eigenvalue weighted by Crippen LogP contribution is -2.16. The van der Waals surface area contributed by atoms with Gasteiger partial charge in [-0.1, -0.05) is 18.2 Å². The Morgan fingerprint density at radius 3 is 2.62 bits per heavy atom. The van der Waals surface area contributed by atoms with Crippen molar-refractivity contribution in [1.29, 1.82) is 0 Å². The number of hydrogen-bond acceptors (Lipinski definition) is 5. The zero-order chi connectivity index (χ0) is 18.4. The summed E-state index contributed by atoms with van der Waals surface area (Å²) in [7, 11) is 1.60. The minimum atomic E-state index is -0.272. The molecule has 2 aromatic carbocycles. The number of thiazole rings is 1. The fourth-order valence-corrected chi connectivity index (χ4v) is 2.85. The summed E-state index contributed by atoms with van der Waals surface area (Å²) >= 11 is 1.34. The average Bonchev–Trinajstić information content (AvgIpc) is 3.15. The molecule has 7 heteroatoms. The van der Waals surface area contributed by atoms with Crippen LogP contribution in [0.25, 0.3) is 0 Å². The van der Waals surface area contributed by atoms with Crippen LogP contribution in [0.5, 0.6) is 5.75 Å². The number of benzene rings is 2. The van der Waals surface area contributed by atoms with Crippen LogP contribution in [0.1, 0.15) is 15.9 Å². The summed E-state index contributed by atoms with van der Waals surface area (Å²) in [6.07, 6.45) is 1.86. The van der Waals surface area contributed by atoms with Gasteiger partial charge in [-0.15, -0.1) is 11.3 Å². The minimum Gasteiger partial charge on any atom is -0.497 e. The summed E-state index contributed by atoms with van der Waals surface area (Å²) < 4.78 is 5.10. The molecule has 0 atom stereocenters. The second kappa shape index (κ2) is 8.26. The molecule has 0 aliphatic heterocycles. The van der Waals surface area contributed by atoms with Gasteiger partial charge in [0, 0.05) is 22.8 Å². The summed E-state index contributed by atoms with van der Waals surface area (Å²) in [6, 6.07) is 14.1. The van der Waals surface area contributed by atoms with Gasteiger partial charge < -0.3 is 10.1 Å². The van der Waals surface area contributed by atoms with Crippen LogP contribution in [0, 0.1) is 0 Å². The van der Waals surface area contributed by atoms with Crippen LogP contribution in [0.3, 0.4) is 0 Å². The number of ether oxygens (including phenoxy) is 1. The van der Waals surface area contributed by atoms with E-state index in [1.165, 1.54) is 11.3 Å². The molecule has 0 fully saturated rings. The van der Waals surface area contributed by atoms with E-state index in [1.54, 1.807) is 43.0 Å². The maximum absolute atomic E-state index is 12.2. The SMILES string of the molecule is COc1ccc(CC(=O)Nc2cccc(C(=O)Nc3nccs3)c2)cc1. The smallest absolute Gasteiger partial charge is 0.257 e. The van der Waals surface area contributed by atoms with Gasteiger partial charge in [-0.3, -0.25) is 14.9 Å². The van der Waals surface area contributed by atoms with Gasteiger partial charge in [0.05, 0.1) is 13.5 Å². The molecule has 2 amide bonds. The molecule has 132 valence electrons. The highest BCUT2D eigenvalue weighted by atomic mass is 32.1. The number of anilines is 2. The monoisotopic (exact) mass is 367 g/mol. The van der Waals surface area contributed by atoms with Crippen LogP contribution in [0.4, 0.5) is 10.8 Å².